The first-order valence-electron chi connectivity index (χ1n) is 13.4. The van der Waals surface area contributed by atoms with Crippen LogP contribution in [0.5, 0.6) is 5.88 Å². The molecule has 38 heavy (non-hydrogen) atoms. The van der Waals surface area contributed by atoms with Gasteiger partial charge in [0.25, 0.3) is 5.91 Å². The number of carbonyl (C=O) groups excluding carboxylic acids is 1. The first kappa shape index (κ1) is 26.5. The summed E-state index contributed by atoms with van der Waals surface area (Å²) in [5, 5.41) is 8.51. The van der Waals surface area contributed by atoms with E-state index in [4.69, 9.17) is 4.74 Å². The van der Waals surface area contributed by atoms with Crippen molar-refractivity contribution in [3.8, 4) is 5.88 Å². The van der Waals surface area contributed by atoms with E-state index >= 15 is 0 Å². The lowest BCUT2D eigenvalue weighted by Gasteiger charge is -2.30. The Bertz CT molecular complexity index is 1270. The molecule has 0 atom stereocenters. The highest BCUT2D eigenvalue weighted by atomic mass is 19.4. The number of alkyl halides is 3. The van der Waals surface area contributed by atoms with Gasteiger partial charge >= 0.3 is 6.18 Å². The molecule has 1 aliphatic heterocycles. The highest BCUT2D eigenvalue weighted by molar-refractivity contribution is 6.06. The van der Waals surface area contributed by atoms with Gasteiger partial charge in [-0.1, -0.05) is 12.1 Å². The lowest BCUT2D eigenvalue weighted by Crippen LogP contribution is -2.38. The quantitative estimate of drug-likeness (QED) is 0.481. The average Bonchev–Trinajstić information content (AvgIpc) is 3.16. The van der Waals surface area contributed by atoms with Crippen LogP contribution in [0.25, 0.3) is 10.9 Å². The van der Waals surface area contributed by atoms with Crippen molar-refractivity contribution in [2.75, 3.05) is 26.2 Å². The minimum absolute atomic E-state index is 0.0308. The molecule has 2 aliphatic rings. The molecule has 0 bridgehead atoms. The van der Waals surface area contributed by atoms with Crippen LogP contribution >= 0.6 is 0 Å². The first-order chi connectivity index (χ1) is 18.2. The predicted octanol–water partition coefficient (Wildman–Crippen LogP) is 4.69. The Morgan fingerprint density at radius 2 is 1.89 bits per heavy atom. The van der Waals surface area contributed by atoms with E-state index in [1.54, 1.807) is 4.68 Å². The lowest BCUT2D eigenvalue weighted by atomic mass is 9.84. The van der Waals surface area contributed by atoms with Crippen LogP contribution in [0.4, 0.5) is 13.2 Å². The number of amides is 1. The van der Waals surface area contributed by atoms with Gasteiger partial charge in [0.1, 0.15) is 0 Å². The molecule has 10 heteroatoms. The third kappa shape index (κ3) is 6.64. The molecular weight excluding hydrogens is 495 g/mol. The molecule has 1 aromatic carbocycles. The van der Waals surface area contributed by atoms with E-state index in [0.29, 0.717) is 17.9 Å². The molecule has 3 heterocycles. The zero-order valence-corrected chi connectivity index (χ0v) is 21.6. The summed E-state index contributed by atoms with van der Waals surface area (Å²) in [6.07, 6.45) is 4.33. The number of aryl methyl sites for hydroxylation is 1. The molecule has 1 aliphatic carbocycles. The molecule has 204 valence electrons. The second kappa shape index (κ2) is 11.3. The fourth-order valence-corrected chi connectivity index (χ4v) is 5.65. The van der Waals surface area contributed by atoms with Gasteiger partial charge in [-0.25, -0.2) is 4.98 Å². The van der Waals surface area contributed by atoms with Crippen LogP contribution < -0.4 is 10.1 Å². The van der Waals surface area contributed by atoms with Crippen LogP contribution in [0, 0.1) is 5.92 Å². The Labute approximate surface area is 220 Å². The van der Waals surface area contributed by atoms with Crippen molar-refractivity contribution in [3.05, 3.63) is 53.3 Å². The first-order valence-corrected chi connectivity index (χ1v) is 13.4. The van der Waals surface area contributed by atoms with Crippen LogP contribution in [-0.4, -0.2) is 64.0 Å². The van der Waals surface area contributed by atoms with Crippen molar-refractivity contribution in [2.45, 2.75) is 57.2 Å². The molecule has 0 saturated heterocycles. The summed E-state index contributed by atoms with van der Waals surface area (Å²) < 4.78 is 43.9. The Morgan fingerprint density at radius 3 is 2.68 bits per heavy atom. The van der Waals surface area contributed by atoms with Gasteiger partial charge in [-0.3, -0.25) is 9.48 Å². The maximum Gasteiger partial charge on any atom is 0.422 e. The standard InChI is InChI=1S/C28H34F3N5O2/c1-35-17-23-22(3-2-4-25(23)34-35)27(37)32-21-8-5-19(6-9-21)11-14-36-15-12-20-7-10-26(33-24(20)13-16-36)38-18-28(29,30)31/h2-4,7,10,17,19,21H,5-6,8-9,11-16,18H2,1H3,(H,32,37)/t19-,21-. The number of aromatic nitrogens is 3. The topological polar surface area (TPSA) is 72.3 Å². The van der Waals surface area contributed by atoms with Crippen molar-refractivity contribution >= 4 is 16.8 Å². The Hall–Kier alpha value is -3.14. The van der Waals surface area contributed by atoms with E-state index in [9.17, 15) is 18.0 Å². The van der Waals surface area contributed by atoms with Crippen molar-refractivity contribution < 1.29 is 22.7 Å². The molecule has 0 radical (unpaired) electrons. The third-order valence-corrected chi connectivity index (χ3v) is 7.73. The van der Waals surface area contributed by atoms with Crippen molar-refractivity contribution in [3.63, 3.8) is 0 Å². The van der Waals surface area contributed by atoms with Crippen LogP contribution in [0.2, 0.25) is 0 Å². The predicted molar refractivity (Wildman–Crippen MR) is 138 cm³/mol. The van der Waals surface area contributed by atoms with E-state index in [0.717, 1.165) is 80.3 Å². The largest absolute Gasteiger partial charge is 0.468 e. The number of fused-ring (bicyclic) bond motifs is 2. The van der Waals surface area contributed by atoms with Gasteiger partial charge in [-0.15, -0.1) is 0 Å². The number of carbonyl (C=O) groups is 1. The third-order valence-electron chi connectivity index (χ3n) is 7.73. The van der Waals surface area contributed by atoms with Crippen molar-refractivity contribution in [2.24, 2.45) is 13.0 Å². The fraction of sp³-hybridized carbons (Fsp3) is 0.536. The highest BCUT2D eigenvalue weighted by Gasteiger charge is 2.29. The minimum Gasteiger partial charge on any atom is -0.468 e. The van der Waals surface area contributed by atoms with Crippen molar-refractivity contribution in [1.82, 2.24) is 25.0 Å². The molecule has 1 amide bonds. The summed E-state index contributed by atoms with van der Waals surface area (Å²) in [4.78, 5) is 19.7. The smallest absolute Gasteiger partial charge is 0.422 e. The maximum absolute atomic E-state index is 13.0. The lowest BCUT2D eigenvalue weighted by molar-refractivity contribution is -0.154. The molecule has 3 aromatic rings. The molecule has 1 saturated carbocycles. The average molecular weight is 530 g/mol. The summed E-state index contributed by atoms with van der Waals surface area (Å²) >= 11 is 0. The van der Waals surface area contributed by atoms with Gasteiger partial charge in [0.2, 0.25) is 5.88 Å². The van der Waals surface area contributed by atoms with E-state index in [-0.39, 0.29) is 17.8 Å². The van der Waals surface area contributed by atoms with E-state index < -0.39 is 12.8 Å². The van der Waals surface area contributed by atoms with Gasteiger partial charge in [-0.05, 0) is 68.7 Å². The Balaban J connectivity index is 1.06. The number of ether oxygens (including phenoxy) is 1. The second-order valence-electron chi connectivity index (χ2n) is 10.5. The molecule has 0 spiro atoms. The summed E-state index contributed by atoms with van der Waals surface area (Å²) in [6.45, 7) is 1.43. The number of hydrogen-bond acceptors (Lipinski definition) is 5. The number of rotatable bonds is 7. The second-order valence-corrected chi connectivity index (χ2v) is 10.5. The molecule has 1 fully saturated rings. The molecule has 2 aromatic heterocycles. The minimum atomic E-state index is -4.37. The van der Waals surface area contributed by atoms with E-state index in [1.807, 2.05) is 37.5 Å². The number of pyridine rings is 1. The van der Waals surface area contributed by atoms with Crippen molar-refractivity contribution in [1.29, 1.82) is 0 Å². The van der Waals surface area contributed by atoms with E-state index in [2.05, 4.69) is 20.3 Å². The number of nitrogens with zero attached hydrogens (tertiary/aromatic N) is 4. The molecule has 0 unspecified atom stereocenters. The van der Waals surface area contributed by atoms with Gasteiger partial charge < -0.3 is 15.0 Å². The summed E-state index contributed by atoms with van der Waals surface area (Å²) in [6, 6.07) is 9.23. The van der Waals surface area contributed by atoms with E-state index in [1.165, 1.54) is 6.07 Å². The molecule has 1 N–H and O–H groups in total. The van der Waals surface area contributed by atoms with Gasteiger partial charge in [-0.2, -0.15) is 18.3 Å². The number of halogens is 3. The Kier molecular flexibility index (Phi) is 7.88. The fourth-order valence-electron chi connectivity index (χ4n) is 5.65. The zero-order chi connectivity index (χ0) is 26.7. The van der Waals surface area contributed by atoms with Gasteiger partial charge in [0.05, 0.1) is 11.1 Å². The SMILES string of the molecule is Cn1cc2c(C(=O)N[C@H]3CC[C@H](CCN4CCc5ccc(OCC(F)(F)F)nc5CC4)CC3)cccc2n1. The van der Waals surface area contributed by atoms with Gasteiger partial charge in [0, 0.05) is 55.9 Å². The van der Waals surface area contributed by atoms with Crippen LogP contribution in [0.3, 0.4) is 0 Å². The Morgan fingerprint density at radius 1 is 1.11 bits per heavy atom. The monoisotopic (exact) mass is 529 g/mol. The maximum atomic E-state index is 13.0. The molecule has 7 nitrogen and oxygen atoms in total. The van der Waals surface area contributed by atoms with Crippen LogP contribution in [-0.2, 0) is 19.9 Å². The molecular formula is C28H34F3N5O2. The van der Waals surface area contributed by atoms with Crippen LogP contribution in [0.1, 0.15) is 53.7 Å². The van der Waals surface area contributed by atoms with Crippen LogP contribution in [0.15, 0.2) is 36.5 Å². The number of hydrogen-bond donors (Lipinski definition) is 1. The number of benzene rings is 1. The normalized spacial score (nSPS) is 20.6. The highest BCUT2D eigenvalue weighted by Crippen LogP contribution is 2.28. The zero-order valence-electron chi connectivity index (χ0n) is 21.6. The molecule has 5 rings (SSSR count). The number of nitrogens with one attached hydrogen (secondary N) is 1. The summed E-state index contributed by atoms with van der Waals surface area (Å²) in [5.41, 5.74) is 3.43. The summed E-state index contributed by atoms with van der Waals surface area (Å²) in [5.74, 6) is 0.642. The van der Waals surface area contributed by atoms with Gasteiger partial charge in [0.15, 0.2) is 6.61 Å². The summed E-state index contributed by atoms with van der Waals surface area (Å²) in [7, 11) is 1.86.